The van der Waals surface area contributed by atoms with E-state index < -0.39 is 0 Å². The Hall–Kier alpha value is -2.40. The number of fused-ring (bicyclic) bond motifs is 1. The Kier molecular flexibility index (Phi) is 7.71. The van der Waals surface area contributed by atoms with E-state index in [2.05, 4.69) is 37.5 Å². The minimum atomic E-state index is 0.0980. The number of allylic oxidation sites excluding steroid dienone is 2. The van der Waals surface area contributed by atoms with Crippen molar-refractivity contribution in [1.82, 2.24) is 14.7 Å². The van der Waals surface area contributed by atoms with Crippen molar-refractivity contribution in [2.24, 2.45) is 5.92 Å². The average molecular weight is 424 g/mol. The van der Waals surface area contributed by atoms with Crippen molar-refractivity contribution in [2.75, 3.05) is 32.7 Å². The summed E-state index contributed by atoms with van der Waals surface area (Å²) < 4.78 is 0. The predicted molar refractivity (Wildman–Crippen MR) is 126 cm³/mol. The molecule has 2 aliphatic rings. The van der Waals surface area contributed by atoms with E-state index in [0.29, 0.717) is 19.0 Å². The second-order valence-electron chi connectivity index (χ2n) is 8.94. The van der Waals surface area contributed by atoms with Gasteiger partial charge in [0.2, 0.25) is 5.91 Å². The van der Waals surface area contributed by atoms with Crippen LogP contribution < -0.4 is 0 Å². The van der Waals surface area contributed by atoms with Crippen LogP contribution in [0.2, 0.25) is 0 Å². The molecule has 1 unspecified atom stereocenters. The molecular formula is C26H37N3O2. The Bertz CT molecular complexity index is 870. The molecule has 0 aliphatic carbocycles. The molecule has 168 valence electrons. The van der Waals surface area contributed by atoms with Gasteiger partial charge >= 0.3 is 0 Å². The zero-order valence-corrected chi connectivity index (χ0v) is 19.6. The summed E-state index contributed by atoms with van der Waals surface area (Å²) in [6, 6.07) is 4.35. The molecular weight excluding hydrogens is 386 g/mol. The van der Waals surface area contributed by atoms with Gasteiger partial charge in [-0.1, -0.05) is 36.4 Å². The molecule has 1 fully saturated rings. The maximum absolute atomic E-state index is 12.9. The van der Waals surface area contributed by atoms with Gasteiger partial charge in [-0.2, -0.15) is 0 Å². The van der Waals surface area contributed by atoms with Crippen LogP contribution in [0.25, 0.3) is 0 Å². The summed E-state index contributed by atoms with van der Waals surface area (Å²) in [4.78, 5) is 32.0. The predicted octanol–water partition coefficient (Wildman–Crippen LogP) is 4.16. The van der Waals surface area contributed by atoms with E-state index in [-0.39, 0.29) is 11.8 Å². The summed E-state index contributed by atoms with van der Waals surface area (Å²) in [5.41, 5.74) is 5.41. The lowest BCUT2D eigenvalue weighted by Crippen LogP contribution is -2.44. The maximum Gasteiger partial charge on any atom is 0.255 e. The fourth-order valence-electron chi connectivity index (χ4n) is 5.03. The van der Waals surface area contributed by atoms with Crippen molar-refractivity contribution in [1.29, 1.82) is 0 Å². The van der Waals surface area contributed by atoms with Gasteiger partial charge in [0.1, 0.15) is 0 Å². The monoisotopic (exact) mass is 423 g/mol. The van der Waals surface area contributed by atoms with Crippen LogP contribution in [0.15, 0.2) is 36.4 Å². The molecule has 1 aromatic carbocycles. The normalized spacial score (nSPS) is 19.5. The van der Waals surface area contributed by atoms with Crippen molar-refractivity contribution in [3.63, 3.8) is 0 Å². The number of aryl methyl sites for hydroxylation is 1. The molecule has 2 heterocycles. The minimum absolute atomic E-state index is 0.0980. The van der Waals surface area contributed by atoms with Gasteiger partial charge < -0.3 is 9.80 Å². The zero-order valence-electron chi connectivity index (χ0n) is 19.6. The molecule has 0 radical (unpaired) electrons. The van der Waals surface area contributed by atoms with Crippen molar-refractivity contribution in [3.8, 4) is 0 Å². The van der Waals surface area contributed by atoms with Crippen molar-refractivity contribution < 1.29 is 9.59 Å². The molecule has 2 amide bonds. The Morgan fingerprint density at radius 2 is 2.03 bits per heavy atom. The fourth-order valence-corrected chi connectivity index (χ4v) is 5.03. The zero-order chi connectivity index (χ0) is 22.5. The SMILES string of the molecule is C=C/C=C(\C)CN1Cc2cc(CN3CCCC(C(=O)N(CC)CC)C3)cc(C)c2C1=O. The molecule has 0 N–H and O–H groups in total. The smallest absolute Gasteiger partial charge is 0.255 e. The largest absolute Gasteiger partial charge is 0.343 e. The number of hydrogen-bond donors (Lipinski definition) is 0. The van der Waals surface area contributed by atoms with Crippen LogP contribution >= 0.6 is 0 Å². The first-order valence-corrected chi connectivity index (χ1v) is 11.6. The van der Waals surface area contributed by atoms with Crippen LogP contribution in [-0.2, 0) is 17.9 Å². The first kappa shape index (κ1) is 23.3. The molecule has 0 aromatic heterocycles. The van der Waals surface area contributed by atoms with Gasteiger partial charge in [-0.15, -0.1) is 0 Å². The van der Waals surface area contributed by atoms with Gasteiger partial charge in [0, 0.05) is 44.8 Å². The third-order valence-electron chi connectivity index (χ3n) is 6.52. The number of nitrogens with zero attached hydrogens (tertiary/aromatic N) is 3. The molecule has 1 saturated heterocycles. The van der Waals surface area contributed by atoms with Crippen LogP contribution in [0.4, 0.5) is 0 Å². The quantitative estimate of drug-likeness (QED) is 0.590. The van der Waals surface area contributed by atoms with Crippen LogP contribution in [0, 0.1) is 12.8 Å². The first-order chi connectivity index (χ1) is 14.9. The number of carbonyl (C=O) groups is 2. The summed E-state index contributed by atoms with van der Waals surface area (Å²) >= 11 is 0. The van der Waals surface area contributed by atoms with Crippen molar-refractivity contribution in [3.05, 3.63) is 58.7 Å². The molecule has 5 nitrogen and oxygen atoms in total. The molecule has 0 bridgehead atoms. The average Bonchev–Trinajstić information content (AvgIpc) is 3.04. The third kappa shape index (κ3) is 5.27. The number of amides is 2. The lowest BCUT2D eigenvalue weighted by molar-refractivity contribution is -0.137. The Morgan fingerprint density at radius 1 is 1.29 bits per heavy atom. The highest BCUT2D eigenvalue weighted by Crippen LogP contribution is 2.29. The third-order valence-corrected chi connectivity index (χ3v) is 6.52. The highest BCUT2D eigenvalue weighted by atomic mass is 16.2. The summed E-state index contributed by atoms with van der Waals surface area (Å²) in [5, 5.41) is 0. The molecule has 1 aromatic rings. The molecule has 1 atom stereocenters. The van der Waals surface area contributed by atoms with Crippen molar-refractivity contribution >= 4 is 11.8 Å². The molecule has 5 heteroatoms. The Balaban J connectivity index is 1.70. The van der Waals surface area contributed by atoms with Gasteiger partial charge in [-0.25, -0.2) is 0 Å². The first-order valence-electron chi connectivity index (χ1n) is 11.6. The molecule has 0 spiro atoms. The van der Waals surface area contributed by atoms with Crippen LogP contribution in [0.5, 0.6) is 0 Å². The van der Waals surface area contributed by atoms with Gasteiger partial charge in [0.25, 0.3) is 5.91 Å². The highest BCUT2D eigenvalue weighted by molar-refractivity contribution is 6.00. The lowest BCUT2D eigenvalue weighted by atomic mass is 9.95. The number of hydrogen-bond acceptors (Lipinski definition) is 3. The summed E-state index contributed by atoms with van der Waals surface area (Å²) in [6.45, 7) is 17.4. The van der Waals surface area contributed by atoms with E-state index >= 15 is 0 Å². The molecule has 31 heavy (non-hydrogen) atoms. The summed E-state index contributed by atoms with van der Waals surface area (Å²) in [5.74, 6) is 0.517. The van der Waals surface area contributed by atoms with Gasteiger partial charge in [0.15, 0.2) is 0 Å². The van der Waals surface area contributed by atoms with Gasteiger partial charge in [-0.3, -0.25) is 14.5 Å². The van der Waals surface area contributed by atoms with Crippen LogP contribution in [0.3, 0.4) is 0 Å². The number of carbonyl (C=O) groups excluding carboxylic acids is 2. The number of benzene rings is 1. The molecule has 3 rings (SSSR count). The van der Waals surface area contributed by atoms with Crippen LogP contribution in [0.1, 0.15) is 60.7 Å². The van der Waals surface area contributed by atoms with E-state index in [4.69, 9.17) is 0 Å². The van der Waals surface area contributed by atoms with E-state index in [0.717, 1.165) is 67.8 Å². The van der Waals surface area contributed by atoms with Crippen molar-refractivity contribution in [2.45, 2.75) is 53.6 Å². The molecule has 2 aliphatic heterocycles. The second kappa shape index (κ2) is 10.3. The number of rotatable bonds is 8. The van der Waals surface area contributed by atoms with E-state index in [1.165, 1.54) is 5.56 Å². The number of likely N-dealkylation sites (tertiary alicyclic amines) is 1. The number of piperidine rings is 1. The van der Waals surface area contributed by atoms with Gasteiger partial charge in [-0.05, 0) is 63.8 Å². The fraction of sp³-hybridized carbons (Fsp3) is 0.538. The maximum atomic E-state index is 12.9. The van der Waals surface area contributed by atoms with E-state index in [1.807, 2.05) is 29.7 Å². The van der Waals surface area contributed by atoms with E-state index in [9.17, 15) is 9.59 Å². The summed E-state index contributed by atoms with van der Waals surface area (Å²) in [7, 11) is 0. The van der Waals surface area contributed by atoms with Gasteiger partial charge in [0.05, 0.1) is 5.92 Å². The second-order valence-corrected chi connectivity index (χ2v) is 8.94. The lowest BCUT2D eigenvalue weighted by Gasteiger charge is -2.34. The standard InChI is InChI=1S/C26H37N3O2/c1-6-10-19(4)15-29-18-23-14-21(13-20(5)24(23)26(29)31)16-27-12-9-11-22(17-27)25(30)28(7-2)8-3/h6,10,13-14,22H,1,7-9,11-12,15-18H2,2-5H3/b19-10+. The Morgan fingerprint density at radius 3 is 2.71 bits per heavy atom. The Labute approximate surface area is 187 Å². The summed E-state index contributed by atoms with van der Waals surface area (Å²) in [6.07, 6.45) is 5.77. The topological polar surface area (TPSA) is 43.9 Å². The van der Waals surface area contributed by atoms with Crippen LogP contribution in [-0.4, -0.2) is 59.2 Å². The van der Waals surface area contributed by atoms with E-state index in [1.54, 1.807) is 6.08 Å². The highest BCUT2D eigenvalue weighted by Gasteiger charge is 2.31. The minimum Gasteiger partial charge on any atom is -0.343 e. The molecule has 0 saturated carbocycles.